The third kappa shape index (κ3) is 3.70. The van der Waals surface area contributed by atoms with Crippen molar-refractivity contribution >= 4 is 24.1 Å². The summed E-state index contributed by atoms with van der Waals surface area (Å²) in [6.07, 6.45) is 1.37. The second-order valence-corrected chi connectivity index (χ2v) is 6.01. The third-order valence-electron chi connectivity index (χ3n) is 3.78. The predicted molar refractivity (Wildman–Crippen MR) is 102 cm³/mol. The standard InChI is InChI=1S/C17H15N5O4S/c1-10-3-5-12(6-4-10)16-19-20-17(27)21(16)18-9-11-7-13(22(24)25)15(23)14(8-11)26-2/h3-9,23H,1-2H3,(H,20,27)/b18-9-. The molecule has 0 saturated carbocycles. The topological polar surface area (TPSA) is 119 Å². The first-order valence-corrected chi connectivity index (χ1v) is 8.15. The minimum Gasteiger partial charge on any atom is -0.500 e. The zero-order chi connectivity index (χ0) is 19.6. The van der Waals surface area contributed by atoms with Crippen LogP contribution < -0.4 is 4.74 Å². The number of methoxy groups -OCH3 is 1. The molecule has 0 radical (unpaired) electrons. The van der Waals surface area contributed by atoms with Crippen LogP contribution in [0.25, 0.3) is 11.4 Å². The van der Waals surface area contributed by atoms with Crippen LogP contribution in [-0.2, 0) is 0 Å². The number of phenolic OH excluding ortho intramolecular Hbond substituents is 1. The van der Waals surface area contributed by atoms with Gasteiger partial charge < -0.3 is 9.84 Å². The van der Waals surface area contributed by atoms with Gasteiger partial charge in [0.05, 0.1) is 18.2 Å². The summed E-state index contributed by atoms with van der Waals surface area (Å²) in [5.41, 5.74) is 1.78. The lowest BCUT2D eigenvalue weighted by atomic mass is 10.1. The number of aromatic amines is 1. The molecule has 138 valence electrons. The van der Waals surface area contributed by atoms with Gasteiger partial charge in [0.1, 0.15) is 0 Å². The van der Waals surface area contributed by atoms with Crippen LogP contribution in [-0.4, -0.2) is 38.2 Å². The number of hydrogen-bond acceptors (Lipinski definition) is 7. The first-order chi connectivity index (χ1) is 12.9. The highest BCUT2D eigenvalue weighted by atomic mass is 32.1. The summed E-state index contributed by atoms with van der Waals surface area (Å²) in [7, 11) is 1.31. The first-order valence-electron chi connectivity index (χ1n) is 7.75. The number of nitrogens with zero attached hydrogens (tertiary/aromatic N) is 4. The lowest BCUT2D eigenvalue weighted by Crippen LogP contribution is -1.97. The van der Waals surface area contributed by atoms with Gasteiger partial charge >= 0.3 is 5.69 Å². The average Bonchev–Trinajstić information content (AvgIpc) is 3.01. The molecule has 0 unspecified atom stereocenters. The second kappa shape index (κ2) is 7.38. The maximum Gasteiger partial charge on any atom is 0.315 e. The molecule has 2 N–H and O–H groups in total. The van der Waals surface area contributed by atoms with E-state index in [1.54, 1.807) is 0 Å². The minimum absolute atomic E-state index is 0.0276. The number of aromatic nitrogens is 3. The fourth-order valence-corrected chi connectivity index (χ4v) is 2.58. The number of nitro groups is 1. The monoisotopic (exact) mass is 385 g/mol. The smallest absolute Gasteiger partial charge is 0.315 e. The number of aromatic hydroxyl groups is 1. The van der Waals surface area contributed by atoms with E-state index < -0.39 is 16.4 Å². The maximum absolute atomic E-state index is 11.1. The van der Waals surface area contributed by atoms with Crippen LogP contribution in [0.4, 0.5) is 5.69 Å². The Morgan fingerprint density at radius 3 is 2.70 bits per heavy atom. The normalized spacial score (nSPS) is 11.0. The fourth-order valence-electron chi connectivity index (χ4n) is 2.40. The average molecular weight is 385 g/mol. The van der Waals surface area contributed by atoms with Crippen LogP contribution in [0.1, 0.15) is 11.1 Å². The molecule has 2 aromatic carbocycles. The Bertz CT molecular complexity index is 1090. The largest absolute Gasteiger partial charge is 0.500 e. The minimum atomic E-state index is -0.698. The maximum atomic E-state index is 11.1. The van der Waals surface area contributed by atoms with E-state index in [2.05, 4.69) is 15.3 Å². The molecule has 0 amide bonds. The van der Waals surface area contributed by atoms with Crippen molar-refractivity contribution in [2.45, 2.75) is 6.92 Å². The number of aryl methyl sites for hydroxylation is 1. The van der Waals surface area contributed by atoms with E-state index in [4.69, 9.17) is 17.0 Å². The zero-order valence-electron chi connectivity index (χ0n) is 14.4. The molecule has 1 heterocycles. The molecule has 1 aromatic heterocycles. The Kier molecular flexibility index (Phi) is 4.99. The lowest BCUT2D eigenvalue weighted by Gasteiger charge is -2.05. The summed E-state index contributed by atoms with van der Waals surface area (Å²) in [6.45, 7) is 1.98. The van der Waals surface area contributed by atoms with Gasteiger partial charge in [0.15, 0.2) is 11.6 Å². The molecule has 0 atom stereocenters. The van der Waals surface area contributed by atoms with E-state index in [1.165, 1.54) is 30.1 Å². The number of benzene rings is 2. The van der Waals surface area contributed by atoms with Gasteiger partial charge in [0, 0.05) is 17.2 Å². The van der Waals surface area contributed by atoms with Gasteiger partial charge in [-0.2, -0.15) is 14.9 Å². The van der Waals surface area contributed by atoms with Crippen LogP contribution >= 0.6 is 12.2 Å². The molecule has 27 heavy (non-hydrogen) atoms. The second-order valence-electron chi connectivity index (χ2n) is 5.62. The molecule has 3 aromatic rings. The Labute approximate surface area is 158 Å². The van der Waals surface area contributed by atoms with Crippen LogP contribution in [0.2, 0.25) is 0 Å². The van der Waals surface area contributed by atoms with E-state index in [9.17, 15) is 15.2 Å². The molecule has 0 bridgehead atoms. The van der Waals surface area contributed by atoms with Crippen LogP contribution in [0.5, 0.6) is 11.5 Å². The van der Waals surface area contributed by atoms with Gasteiger partial charge in [-0.1, -0.05) is 29.8 Å². The van der Waals surface area contributed by atoms with Gasteiger partial charge in [-0.05, 0) is 25.2 Å². The number of hydrogen-bond donors (Lipinski definition) is 2. The van der Waals surface area contributed by atoms with Crippen molar-refractivity contribution in [3.63, 3.8) is 0 Å². The molecule has 0 aliphatic rings. The Morgan fingerprint density at radius 2 is 2.07 bits per heavy atom. The lowest BCUT2D eigenvalue weighted by molar-refractivity contribution is -0.386. The van der Waals surface area contributed by atoms with E-state index in [-0.39, 0.29) is 10.5 Å². The van der Waals surface area contributed by atoms with Crippen molar-refractivity contribution < 1.29 is 14.8 Å². The summed E-state index contributed by atoms with van der Waals surface area (Å²) >= 11 is 5.21. The van der Waals surface area contributed by atoms with Gasteiger partial charge in [-0.15, -0.1) is 0 Å². The summed E-state index contributed by atoms with van der Waals surface area (Å²) in [5, 5.41) is 32.1. The molecule has 9 nitrogen and oxygen atoms in total. The number of H-pyrrole nitrogens is 1. The van der Waals surface area contributed by atoms with Gasteiger partial charge in [0.25, 0.3) is 0 Å². The molecule has 3 rings (SSSR count). The highest BCUT2D eigenvalue weighted by molar-refractivity contribution is 7.71. The molecular weight excluding hydrogens is 370 g/mol. The molecule has 0 saturated heterocycles. The number of nitrogens with one attached hydrogen (secondary N) is 1. The quantitative estimate of drug-likeness (QED) is 0.301. The van der Waals surface area contributed by atoms with Crippen LogP contribution in [0.3, 0.4) is 0 Å². The van der Waals surface area contributed by atoms with E-state index in [0.717, 1.165) is 11.1 Å². The first kappa shape index (κ1) is 18.3. The highest BCUT2D eigenvalue weighted by Gasteiger charge is 2.19. The SMILES string of the molecule is COc1cc(/C=N\n2c(-c3ccc(C)cc3)n[nH]c2=S)cc([N+](=O)[O-])c1O. The van der Waals surface area contributed by atoms with E-state index in [1.807, 2.05) is 31.2 Å². The third-order valence-corrected chi connectivity index (χ3v) is 4.04. The number of ether oxygens (including phenoxy) is 1. The highest BCUT2D eigenvalue weighted by Crippen LogP contribution is 2.36. The Hall–Kier alpha value is -3.53. The number of rotatable bonds is 5. The van der Waals surface area contributed by atoms with Gasteiger partial charge in [0.2, 0.25) is 10.5 Å². The molecule has 0 aliphatic heterocycles. The molecule has 0 aliphatic carbocycles. The Morgan fingerprint density at radius 1 is 1.37 bits per heavy atom. The summed E-state index contributed by atoms with van der Waals surface area (Å²) in [5.74, 6) is -0.0726. The van der Waals surface area contributed by atoms with Crippen molar-refractivity contribution in [2.75, 3.05) is 7.11 Å². The van der Waals surface area contributed by atoms with Crippen LogP contribution in [0, 0.1) is 21.8 Å². The Balaban J connectivity index is 2.04. The molecule has 0 spiro atoms. The molecular formula is C17H15N5O4S. The number of nitro benzene ring substituents is 1. The van der Waals surface area contributed by atoms with Crippen molar-refractivity contribution in [2.24, 2.45) is 5.10 Å². The van der Waals surface area contributed by atoms with Crippen molar-refractivity contribution in [1.82, 2.24) is 14.9 Å². The summed E-state index contributed by atoms with van der Waals surface area (Å²) in [6, 6.07) is 10.3. The van der Waals surface area contributed by atoms with Crippen LogP contribution in [0.15, 0.2) is 41.5 Å². The van der Waals surface area contributed by atoms with Crippen molar-refractivity contribution in [3.8, 4) is 22.9 Å². The summed E-state index contributed by atoms with van der Waals surface area (Å²) < 4.78 is 6.65. The molecule has 0 fully saturated rings. The summed E-state index contributed by atoms with van der Waals surface area (Å²) in [4.78, 5) is 10.4. The molecule has 10 heteroatoms. The van der Waals surface area contributed by atoms with E-state index >= 15 is 0 Å². The van der Waals surface area contributed by atoms with E-state index in [0.29, 0.717) is 11.4 Å². The van der Waals surface area contributed by atoms with Crippen molar-refractivity contribution in [1.29, 1.82) is 0 Å². The van der Waals surface area contributed by atoms with Crippen molar-refractivity contribution in [3.05, 3.63) is 62.4 Å². The van der Waals surface area contributed by atoms with Gasteiger partial charge in [-0.25, -0.2) is 5.10 Å². The van der Waals surface area contributed by atoms with Gasteiger partial charge in [-0.3, -0.25) is 10.1 Å². The zero-order valence-corrected chi connectivity index (χ0v) is 15.2. The number of phenols is 1. The predicted octanol–water partition coefficient (Wildman–Crippen LogP) is 3.42. The fraction of sp³-hybridized carbons (Fsp3) is 0.118.